The summed E-state index contributed by atoms with van der Waals surface area (Å²) in [6, 6.07) is 0. The first-order chi connectivity index (χ1) is 10.6. The maximum atomic E-state index is 6.39. The minimum Gasteiger partial charge on any atom is -0.450 e. The van der Waals surface area contributed by atoms with Crippen LogP contribution in [0.2, 0.25) is 5.02 Å². The Labute approximate surface area is 135 Å². The van der Waals surface area contributed by atoms with E-state index in [9.17, 15) is 0 Å². The number of H-pyrrole nitrogens is 1. The fourth-order valence-electron chi connectivity index (χ4n) is 1.93. The molecule has 0 aliphatic heterocycles. The molecule has 0 aliphatic rings. The lowest BCUT2D eigenvalue weighted by Gasteiger charge is -2.10. The second kappa shape index (κ2) is 5.74. The van der Waals surface area contributed by atoms with E-state index >= 15 is 0 Å². The molecule has 0 saturated heterocycles. The van der Waals surface area contributed by atoms with Crippen molar-refractivity contribution in [3.8, 4) is 5.75 Å². The first-order valence-corrected chi connectivity index (χ1v) is 6.99. The lowest BCUT2D eigenvalue weighted by Crippen LogP contribution is -2.02. The smallest absolute Gasteiger partial charge is 0.179 e. The van der Waals surface area contributed by atoms with Crippen molar-refractivity contribution >= 4 is 40.7 Å². The van der Waals surface area contributed by atoms with E-state index in [2.05, 4.69) is 19.9 Å². The highest BCUT2D eigenvalue weighted by atomic mass is 35.5. The molecule has 112 valence electrons. The Morgan fingerprint density at radius 1 is 1.41 bits per heavy atom. The van der Waals surface area contributed by atoms with E-state index in [1.165, 1.54) is 18.6 Å². The molecule has 0 amide bonds. The largest absolute Gasteiger partial charge is 0.450 e. The SMILES string of the molecule is Cn1c(=S)[nH]c2ncc(OC(=CN)c3cnccn3)c(Cl)c21. The van der Waals surface area contributed by atoms with Gasteiger partial charge in [-0.1, -0.05) is 11.6 Å². The summed E-state index contributed by atoms with van der Waals surface area (Å²) in [7, 11) is 1.79. The number of nitrogens with one attached hydrogen (secondary N) is 1. The van der Waals surface area contributed by atoms with Gasteiger partial charge in [-0.2, -0.15) is 0 Å². The molecule has 0 aromatic carbocycles. The number of aryl methyl sites for hydroxylation is 1. The fraction of sp³-hybridized carbons (Fsp3) is 0.0769. The van der Waals surface area contributed by atoms with E-state index in [1.807, 2.05) is 0 Å². The molecule has 0 radical (unpaired) electrons. The summed E-state index contributed by atoms with van der Waals surface area (Å²) in [6.07, 6.45) is 7.43. The number of aromatic nitrogens is 5. The monoisotopic (exact) mass is 334 g/mol. The van der Waals surface area contributed by atoms with Crippen LogP contribution < -0.4 is 10.5 Å². The van der Waals surface area contributed by atoms with Gasteiger partial charge < -0.3 is 20.0 Å². The van der Waals surface area contributed by atoms with Gasteiger partial charge in [0.2, 0.25) is 0 Å². The molecule has 0 unspecified atom stereocenters. The molecule has 22 heavy (non-hydrogen) atoms. The van der Waals surface area contributed by atoms with Crippen LogP contribution in [0.15, 0.2) is 31.0 Å². The summed E-state index contributed by atoms with van der Waals surface area (Å²) in [4.78, 5) is 15.3. The lowest BCUT2D eigenvalue weighted by molar-refractivity contribution is 0.509. The number of ether oxygens (including phenoxy) is 1. The Morgan fingerprint density at radius 3 is 2.91 bits per heavy atom. The number of aromatic amines is 1. The van der Waals surface area contributed by atoms with Crippen LogP contribution in [-0.4, -0.2) is 24.5 Å². The highest BCUT2D eigenvalue weighted by Crippen LogP contribution is 2.33. The average Bonchev–Trinajstić information content (AvgIpc) is 2.83. The Balaban J connectivity index is 2.06. The van der Waals surface area contributed by atoms with Crippen molar-refractivity contribution in [2.75, 3.05) is 0 Å². The normalized spacial score (nSPS) is 11.8. The number of halogens is 1. The summed E-state index contributed by atoms with van der Waals surface area (Å²) in [6.45, 7) is 0. The molecule has 0 bridgehead atoms. The molecular weight excluding hydrogens is 324 g/mol. The van der Waals surface area contributed by atoms with Crippen LogP contribution in [0.1, 0.15) is 5.69 Å². The van der Waals surface area contributed by atoms with Crippen LogP contribution in [0.3, 0.4) is 0 Å². The van der Waals surface area contributed by atoms with Crippen LogP contribution in [0, 0.1) is 4.77 Å². The number of rotatable bonds is 3. The molecule has 3 aromatic heterocycles. The predicted octanol–water partition coefficient (Wildman–Crippen LogP) is 2.41. The van der Waals surface area contributed by atoms with Crippen molar-refractivity contribution < 1.29 is 4.74 Å². The number of hydrogen-bond donors (Lipinski definition) is 2. The van der Waals surface area contributed by atoms with Crippen LogP contribution in [0.5, 0.6) is 5.75 Å². The maximum absolute atomic E-state index is 6.39. The van der Waals surface area contributed by atoms with Gasteiger partial charge in [-0.25, -0.2) is 9.97 Å². The second-order valence-electron chi connectivity index (χ2n) is 4.35. The zero-order valence-corrected chi connectivity index (χ0v) is 13.0. The minimum absolute atomic E-state index is 0.327. The predicted molar refractivity (Wildman–Crippen MR) is 85.7 cm³/mol. The van der Waals surface area contributed by atoms with Gasteiger partial charge in [0.25, 0.3) is 0 Å². The van der Waals surface area contributed by atoms with Crippen molar-refractivity contribution in [1.29, 1.82) is 0 Å². The second-order valence-corrected chi connectivity index (χ2v) is 5.11. The van der Waals surface area contributed by atoms with Crippen LogP contribution in [0.25, 0.3) is 16.9 Å². The number of fused-ring (bicyclic) bond motifs is 1. The van der Waals surface area contributed by atoms with Crippen LogP contribution in [0.4, 0.5) is 0 Å². The average molecular weight is 335 g/mol. The molecule has 7 nitrogen and oxygen atoms in total. The first kappa shape index (κ1) is 14.5. The highest BCUT2D eigenvalue weighted by Gasteiger charge is 2.15. The summed E-state index contributed by atoms with van der Waals surface area (Å²) in [5.74, 6) is 0.675. The molecular formula is C13H11ClN6OS. The zero-order chi connectivity index (χ0) is 15.7. The third-order valence-corrected chi connectivity index (χ3v) is 3.75. The molecule has 3 aromatic rings. The molecule has 3 N–H and O–H groups in total. The summed E-state index contributed by atoms with van der Waals surface area (Å²) < 4.78 is 7.97. The number of hydrogen-bond acceptors (Lipinski definition) is 6. The van der Waals surface area contributed by atoms with E-state index in [-0.39, 0.29) is 0 Å². The van der Waals surface area contributed by atoms with Crippen molar-refractivity contribution in [2.45, 2.75) is 0 Å². The Kier molecular flexibility index (Phi) is 3.78. The van der Waals surface area contributed by atoms with Gasteiger partial charge in [-0.3, -0.25) is 4.98 Å². The van der Waals surface area contributed by atoms with Crippen LogP contribution in [-0.2, 0) is 7.05 Å². The van der Waals surface area contributed by atoms with Gasteiger partial charge >= 0.3 is 0 Å². The van der Waals surface area contributed by atoms with Gasteiger partial charge in [0.1, 0.15) is 16.2 Å². The topological polar surface area (TPSA) is 94.6 Å². The van der Waals surface area contributed by atoms with Gasteiger partial charge in [-0.15, -0.1) is 0 Å². The molecule has 0 fully saturated rings. The number of pyridine rings is 1. The third kappa shape index (κ3) is 2.42. The quantitative estimate of drug-likeness (QED) is 0.564. The van der Waals surface area contributed by atoms with E-state index in [0.29, 0.717) is 38.2 Å². The highest BCUT2D eigenvalue weighted by molar-refractivity contribution is 7.71. The lowest BCUT2D eigenvalue weighted by atomic mass is 10.3. The van der Waals surface area contributed by atoms with Crippen molar-refractivity contribution in [3.05, 3.63) is 46.5 Å². The molecule has 0 atom stereocenters. The molecule has 0 spiro atoms. The fourth-order valence-corrected chi connectivity index (χ4v) is 2.43. The Bertz CT molecular complexity index is 917. The summed E-state index contributed by atoms with van der Waals surface area (Å²) in [5.41, 5.74) is 7.33. The van der Waals surface area contributed by atoms with Gasteiger partial charge in [0.05, 0.1) is 12.4 Å². The summed E-state index contributed by atoms with van der Waals surface area (Å²) in [5, 5.41) is 0.378. The Morgan fingerprint density at radius 2 is 2.23 bits per heavy atom. The van der Waals surface area contributed by atoms with Crippen molar-refractivity contribution in [2.24, 2.45) is 12.8 Å². The maximum Gasteiger partial charge on any atom is 0.179 e. The molecule has 0 aliphatic carbocycles. The molecule has 0 saturated carbocycles. The first-order valence-electron chi connectivity index (χ1n) is 6.21. The standard InChI is InChI=1S/C13H11ClN6OS/c1-20-11-10(14)9(6-18-12(11)19-13(20)22)21-8(4-15)7-5-16-2-3-17-7/h2-6H,15H2,1H3,(H,18,19,22). The number of nitrogens with two attached hydrogens (primary N) is 1. The van der Waals surface area contributed by atoms with Gasteiger partial charge in [-0.05, 0) is 12.2 Å². The number of nitrogens with zero attached hydrogens (tertiary/aromatic N) is 4. The van der Waals surface area contributed by atoms with E-state index < -0.39 is 0 Å². The van der Waals surface area contributed by atoms with Crippen LogP contribution >= 0.6 is 23.8 Å². The number of imidazole rings is 1. The van der Waals surface area contributed by atoms with Crippen molar-refractivity contribution in [1.82, 2.24) is 24.5 Å². The summed E-state index contributed by atoms with van der Waals surface area (Å²) >= 11 is 11.6. The van der Waals surface area contributed by atoms with Gasteiger partial charge in [0.15, 0.2) is 21.9 Å². The van der Waals surface area contributed by atoms with E-state index in [0.717, 1.165) is 0 Å². The minimum atomic E-state index is 0.327. The zero-order valence-electron chi connectivity index (χ0n) is 11.4. The molecule has 3 heterocycles. The molecule has 3 rings (SSSR count). The Hall–Kier alpha value is -2.45. The van der Waals surface area contributed by atoms with Crippen molar-refractivity contribution in [3.63, 3.8) is 0 Å². The van der Waals surface area contributed by atoms with Gasteiger partial charge in [0, 0.05) is 25.6 Å². The van der Waals surface area contributed by atoms with E-state index in [4.69, 9.17) is 34.3 Å². The third-order valence-electron chi connectivity index (χ3n) is 3.01. The van der Waals surface area contributed by atoms with E-state index in [1.54, 1.807) is 24.0 Å². The molecule has 9 heteroatoms.